The van der Waals surface area contributed by atoms with Crippen LogP contribution in [0.1, 0.15) is 58.1 Å². The van der Waals surface area contributed by atoms with Crippen molar-refractivity contribution >= 4 is 16.3 Å². The van der Waals surface area contributed by atoms with Crippen molar-refractivity contribution in [3.63, 3.8) is 0 Å². The molecule has 29 heavy (non-hydrogen) atoms. The molecular formula is C23H39AlO5. The minimum absolute atomic E-state index is 0.305. The summed E-state index contributed by atoms with van der Waals surface area (Å²) >= 11 is 2.69. The Bertz CT molecular complexity index is 536. The summed E-state index contributed by atoms with van der Waals surface area (Å²) in [5.41, 5.74) is 2.44. The van der Waals surface area contributed by atoms with Gasteiger partial charge in [0.05, 0.1) is 33.0 Å². The molecule has 1 aromatic carbocycles. The predicted octanol–water partition coefficient (Wildman–Crippen LogP) is 4.95. The number of benzene rings is 1. The van der Waals surface area contributed by atoms with E-state index in [1.807, 2.05) is 6.07 Å². The van der Waals surface area contributed by atoms with Crippen LogP contribution in [0.4, 0.5) is 0 Å². The molecule has 2 rings (SSSR count). The van der Waals surface area contributed by atoms with Crippen molar-refractivity contribution in [1.82, 2.24) is 0 Å². The fourth-order valence-electron chi connectivity index (χ4n) is 2.53. The summed E-state index contributed by atoms with van der Waals surface area (Å²) in [5, 5.41) is 1.22. The van der Waals surface area contributed by atoms with Gasteiger partial charge >= 0.3 is 0 Å². The Morgan fingerprint density at radius 3 is 1.97 bits per heavy atom. The Morgan fingerprint density at radius 2 is 1.41 bits per heavy atom. The van der Waals surface area contributed by atoms with Crippen LogP contribution in [-0.4, -0.2) is 56.1 Å². The molecule has 1 aliphatic heterocycles. The maximum Gasteiger partial charge on any atom is 0.231 e. The van der Waals surface area contributed by atoms with Crippen molar-refractivity contribution in [3.05, 3.63) is 23.3 Å². The summed E-state index contributed by atoms with van der Waals surface area (Å²) in [5.74, 6) is 2.50. The average molecular weight is 423 g/mol. The topological polar surface area (TPSA) is 46.2 Å². The molecule has 0 spiro atoms. The van der Waals surface area contributed by atoms with Crippen LogP contribution in [0.2, 0.25) is 5.28 Å². The van der Waals surface area contributed by atoms with E-state index in [-0.39, 0.29) is 0 Å². The Labute approximate surface area is 185 Å². The summed E-state index contributed by atoms with van der Waals surface area (Å²) in [7, 11) is 0. The van der Waals surface area contributed by atoms with Crippen molar-refractivity contribution in [2.75, 3.05) is 39.8 Å². The average Bonchev–Trinajstić information content (AvgIpc) is 3.17. The van der Waals surface area contributed by atoms with Crippen molar-refractivity contribution in [2.24, 2.45) is 5.92 Å². The first-order valence-electron chi connectivity index (χ1n) is 11.0. The van der Waals surface area contributed by atoms with Gasteiger partial charge < -0.3 is 23.7 Å². The van der Waals surface area contributed by atoms with Crippen LogP contribution in [0.5, 0.6) is 11.5 Å². The normalized spacial score (nSPS) is 12.2. The van der Waals surface area contributed by atoms with Gasteiger partial charge in [-0.2, -0.15) is 0 Å². The van der Waals surface area contributed by atoms with Crippen molar-refractivity contribution < 1.29 is 23.7 Å². The Balaban J connectivity index is 0.000000749. The molecule has 0 unspecified atom stereocenters. The monoisotopic (exact) mass is 422 g/mol. The molecule has 6 heteroatoms. The van der Waals surface area contributed by atoms with E-state index < -0.39 is 0 Å². The van der Waals surface area contributed by atoms with E-state index in [2.05, 4.69) is 50.1 Å². The number of unbranched alkanes of at least 4 members (excludes halogenated alkanes) is 1. The fourth-order valence-corrected chi connectivity index (χ4v) is 2.53. The third-order valence-electron chi connectivity index (χ3n) is 4.33. The van der Waals surface area contributed by atoms with Gasteiger partial charge in [0.2, 0.25) is 6.79 Å². The van der Waals surface area contributed by atoms with Crippen LogP contribution in [0.15, 0.2) is 12.1 Å². The van der Waals surface area contributed by atoms with Crippen LogP contribution in [0, 0.1) is 5.92 Å². The van der Waals surface area contributed by atoms with Gasteiger partial charge in [0.15, 0.2) is 11.5 Å². The minimum atomic E-state index is 0.305. The molecule has 0 fully saturated rings. The molecule has 0 aromatic heterocycles. The van der Waals surface area contributed by atoms with Gasteiger partial charge in [-0.1, -0.05) is 46.5 Å². The molecular weight excluding hydrogens is 383 g/mol. The van der Waals surface area contributed by atoms with Crippen molar-refractivity contribution in [3.8, 4) is 11.5 Å². The van der Waals surface area contributed by atoms with E-state index in [4.69, 9.17) is 23.7 Å². The van der Waals surface area contributed by atoms with Crippen molar-refractivity contribution in [2.45, 2.75) is 65.3 Å². The SMILES string of the molecule is CC(C)[CH2][Al].CCCCOCCOCCOCc1cc2c(cc1CCC)OCO2. The summed E-state index contributed by atoms with van der Waals surface area (Å²) in [6.45, 7) is 12.9. The second-order valence-electron chi connectivity index (χ2n) is 7.48. The number of aryl methyl sites for hydroxylation is 1. The van der Waals surface area contributed by atoms with E-state index in [0.717, 1.165) is 49.7 Å². The molecule has 0 N–H and O–H groups in total. The van der Waals surface area contributed by atoms with Crippen LogP contribution in [0.3, 0.4) is 0 Å². The molecule has 1 aromatic rings. The third kappa shape index (κ3) is 11.9. The lowest BCUT2D eigenvalue weighted by Gasteiger charge is -2.11. The fraction of sp³-hybridized carbons (Fsp3) is 0.739. The lowest BCUT2D eigenvalue weighted by molar-refractivity contribution is 0.0101. The number of hydrogen-bond acceptors (Lipinski definition) is 5. The van der Waals surface area contributed by atoms with E-state index in [1.54, 1.807) is 0 Å². The summed E-state index contributed by atoms with van der Waals surface area (Å²) < 4.78 is 27.6. The van der Waals surface area contributed by atoms with E-state index in [9.17, 15) is 0 Å². The number of ether oxygens (including phenoxy) is 5. The summed E-state index contributed by atoms with van der Waals surface area (Å²) in [6, 6.07) is 4.12. The molecule has 164 valence electrons. The number of rotatable bonds is 14. The molecule has 0 aliphatic carbocycles. The molecule has 0 atom stereocenters. The highest BCUT2D eigenvalue weighted by molar-refractivity contribution is 6.08. The number of fused-ring (bicyclic) bond motifs is 1. The lowest BCUT2D eigenvalue weighted by atomic mass is 10.0. The Morgan fingerprint density at radius 1 is 0.862 bits per heavy atom. The van der Waals surface area contributed by atoms with Gasteiger partial charge in [-0.15, -0.1) is 5.28 Å². The van der Waals surface area contributed by atoms with E-state index in [1.165, 1.54) is 16.4 Å². The minimum Gasteiger partial charge on any atom is -0.454 e. The molecule has 0 saturated heterocycles. The van der Waals surface area contributed by atoms with Gasteiger partial charge in [-0.25, -0.2) is 0 Å². The molecule has 0 bridgehead atoms. The molecule has 1 heterocycles. The zero-order valence-electron chi connectivity index (χ0n) is 18.8. The van der Waals surface area contributed by atoms with Gasteiger partial charge in [-0.05, 0) is 36.1 Å². The van der Waals surface area contributed by atoms with Crippen molar-refractivity contribution in [1.29, 1.82) is 0 Å². The highest BCUT2D eigenvalue weighted by Crippen LogP contribution is 2.35. The first kappa shape index (κ1) is 26.3. The van der Waals surface area contributed by atoms with Crippen LogP contribution >= 0.6 is 0 Å². The van der Waals surface area contributed by atoms with Gasteiger partial charge in [0.1, 0.15) is 16.3 Å². The quantitative estimate of drug-likeness (QED) is 0.314. The first-order chi connectivity index (χ1) is 14.1. The highest BCUT2D eigenvalue weighted by atomic mass is 27.0. The predicted molar refractivity (Wildman–Crippen MR) is 118 cm³/mol. The largest absolute Gasteiger partial charge is 0.454 e. The highest BCUT2D eigenvalue weighted by Gasteiger charge is 2.16. The standard InChI is InChI=1S/C19H30O5.C4H9.Al/c1-3-5-7-20-8-9-21-10-11-22-14-17-13-19-18(23-15-24-19)12-16(17)6-4-2;1-4(2)3;/h12-13H,3-11,14-15H2,1-2H3;4H,1H2,2-3H3;. The second-order valence-corrected chi connectivity index (χ2v) is 7.96. The third-order valence-corrected chi connectivity index (χ3v) is 5.27. The van der Waals surface area contributed by atoms with Gasteiger partial charge in [0.25, 0.3) is 0 Å². The molecule has 0 saturated carbocycles. The Kier molecular flexibility index (Phi) is 15.4. The Hall–Kier alpha value is -0.768. The molecule has 2 radical (unpaired) electrons. The number of hydrogen-bond donors (Lipinski definition) is 0. The maximum absolute atomic E-state index is 5.75. The summed E-state index contributed by atoms with van der Waals surface area (Å²) in [6.07, 6.45) is 4.38. The smallest absolute Gasteiger partial charge is 0.231 e. The van der Waals surface area contributed by atoms with Gasteiger partial charge in [0, 0.05) is 6.61 Å². The van der Waals surface area contributed by atoms with Crippen LogP contribution in [0.25, 0.3) is 0 Å². The second kappa shape index (κ2) is 17.0. The molecule has 0 amide bonds. The van der Waals surface area contributed by atoms with Crippen LogP contribution in [-0.2, 0) is 27.2 Å². The molecule has 5 nitrogen and oxygen atoms in total. The van der Waals surface area contributed by atoms with Crippen LogP contribution < -0.4 is 9.47 Å². The summed E-state index contributed by atoms with van der Waals surface area (Å²) in [4.78, 5) is 0. The maximum atomic E-state index is 5.75. The zero-order valence-corrected chi connectivity index (χ0v) is 20.0. The first-order valence-corrected chi connectivity index (χ1v) is 11.8. The van der Waals surface area contributed by atoms with Gasteiger partial charge in [-0.3, -0.25) is 0 Å². The van der Waals surface area contributed by atoms with E-state index in [0.29, 0.717) is 39.8 Å². The lowest BCUT2D eigenvalue weighted by Crippen LogP contribution is -2.10. The zero-order chi connectivity index (χ0) is 21.3. The molecule has 1 aliphatic rings. The van der Waals surface area contributed by atoms with E-state index >= 15 is 0 Å².